The van der Waals surface area contributed by atoms with E-state index < -0.39 is 0 Å². The number of nitrogens with two attached hydrogens (primary N) is 1. The average Bonchev–Trinajstić information content (AvgIpc) is 2.85. The van der Waals surface area contributed by atoms with E-state index in [9.17, 15) is 4.79 Å². The van der Waals surface area contributed by atoms with Crippen LogP contribution in [0.1, 0.15) is 43.5 Å². The van der Waals surface area contributed by atoms with Gasteiger partial charge in [0, 0.05) is 11.9 Å². The number of fused-ring (bicyclic) bond motifs is 1. The van der Waals surface area contributed by atoms with Crippen LogP contribution < -0.4 is 11.1 Å². The van der Waals surface area contributed by atoms with Crippen molar-refractivity contribution in [1.29, 1.82) is 0 Å². The second kappa shape index (κ2) is 4.88. The first-order valence-electron chi connectivity index (χ1n) is 7.17. The molecule has 20 heavy (non-hydrogen) atoms. The van der Waals surface area contributed by atoms with Gasteiger partial charge in [-0.1, -0.05) is 25.5 Å². The summed E-state index contributed by atoms with van der Waals surface area (Å²) in [6, 6.07) is 0. The molecule has 4 rings (SSSR count). The van der Waals surface area contributed by atoms with Gasteiger partial charge in [-0.3, -0.25) is 4.79 Å². The first-order valence-corrected chi connectivity index (χ1v) is 8.00. The van der Waals surface area contributed by atoms with E-state index >= 15 is 0 Å². The average molecular weight is 291 g/mol. The van der Waals surface area contributed by atoms with Crippen molar-refractivity contribution in [2.75, 3.05) is 12.3 Å². The molecule has 1 aromatic rings. The van der Waals surface area contributed by atoms with Crippen molar-refractivity contribution in [3.63, 3.8) is 0 Å². The monoisotopic (exact) mass is 291 g/mol. The van der Waals surface area contributed by atoms with Gasteiger partial charge in [-0.15, -0.1) is 0 Å². The van der Waals surface area contributed by atoms with Crippen molar-refractivity contribution in [2.45, 2.75) is 33.1 Å². The minimum Gasteiger partial charge on any atom is -0.382 e. The largest absolute Gasteiger partial charge is 0.382 e. The zero-order valence-corrected chi connectivity index (χ0v) is 12.8. The zero-order chi connectivity index (χ0) is 14.3. The first kappa shape index (κ1) is 13.6. The molecule has 1 aromatic heterocycles. The minimum absolute atomic E-state index is 0.113. The van der Waals surface area contributed by atoms with Crippen molar-refractivity contribution in [3.8, 4) is 0 Å². The van der Waals surface area contributed by atoms with E-state index in [-0.39, 0.29) is 5.91 Å². The van der Waals surface area contributed by atoms with Crippen LogP contribution in [0.2, 0.25) is 0 Å². The highest BCUT2D eigenvalue weighted by Gasteiger charge is 2.50. The van der Waals surface area contributed by atoms with Gasteiger partial charge in [0.15, 0.2) is 0 Å². The fourth-order valence-electron chi connectivity index (χ4n) is 3.59. The van der Waals surface area contributed by atoms with E-state index in [4.69, 9.17) is 5.73 Å². The number of allylic oxidation sites excluding steroid dienone is 1. The molecule has 3 N–H and O–H groups in total. The molecule has 1 fully saturated rings. The third-order valence-corrected chi connectivity index (χ3v) is 5.77. The topological polar surface area (TPSA) is 68.0 Å². The highest BCUT2D eigenvalue weighted by Crippen LogP contribution is 2.59. The van der Waals surface area contributed by atoms with Crippen molar-refractivity contribution in [1.82, 2.24) is 9.69 Å². The maximum Gasteiger partial charge on any atom is 0.255 e. The van der Waals surface area contributed by atoms with Gasteiger partial charge < -0.3 is 11.1 Å². The molecule has 0 aromatic carbocycles. The quantitative estimate of drug-likeness (QED) is 0.838. The summed E-state index contributed by atoms with van der Waals surface area (Å²) in [6.45, 7) is 5.42. The summed E-state index contributed by atoms with van der Waals surface area (Å²) < 4.78 is 3.92. The van der Waals surface area contributed by atoms with E-state index in [0.29, 0.717) is 29.3 Å². The number of hydrogen-bond acceptors (Lipinski definition) is 4. The lowest BCUT2D eigenvalue weighted by molar-refractivity contribution is -0.00811. The summed E-state index contributed by atoms with van der Waals surface area (Å²) in [7, 11) is 0. The van der Waals surface area contributed by atoms with Crippen LogP contribution >= 0.6 is 11.5 Å². The number of aromatic nitrogens is 1. The predicted octanol–water partition coefficient (Wildman–Crippen LogP) is 2.84. The molecule has 3 aliphatic rings. The highest BCUT2D eigenvalue weighted by atomic mass is 32.1. The van der Waals surface area contributed by atoms with E-state index in [1.54, 1.807) is 5.38 Å². The number of nitrogens with zero attached hydrogens (tertiary/aromatic N) is 1. The van der Waals surface area contributed by atoms with Crippen molar-refractivity contribution in [2.24, 2.45) is 17.3 Å². The summed E-state index contributed by atoms with van der Waals surface area (Å²) in [6.07, 6.45) is 5.86. The highest BCUT2D eigenvalue weighted by molar-refractivity contribution is 7.04. The normalized spacial score (nSPS) is 26.6. The molecule has 1 heterocycles. The molecule has 1 amide bonds. The van der Waals surface area contributed by atoms with Crippen LogP contribution in [-0.4, -0.2) is 16.8 Å². The van der Waals surface area contributed by atoms with Gasteiger partial charge in [0.25, 0.3) is 5.91 Å². The van der Waals surface area contributed by atoms with Crippen LogP contribution in [0.4, 0.5) is 5.82 Å². The smallest absolute Gasteiger partial charge is 0.255 e. The SMILES string of the molecule is CC1(C)[C@H]2CC=C(CCNC(=O)c3csnc3N)[C@@H]1C2. The molecule has 0 aliphatic heterocycles. The van der Waals surface area contributed by atoms with E-state index in [0.717, 1.165) is 12.3 Å². The van der Waals surface area contributed by atoms with Gasteiger partial charge in [0.1, 0.15) is 5.82 Å². The number of carbonyl (C=O) groups excluding carboxylic acids is 1. The lowest BCUT2D eigenvalue weighted by atomic mass is 9.48. The number of nitrogens with one attached hydrogen (secondary N) is 1. The Hall–Kier alpha value is -1.36. The van der Waals surface area contributed by atoms with Gasteiger partial charge in [-0.2, -0.15) is 4.37 Å². The van der Waals surface area contributed by atoms with Crippen LogP contribution in [0.15, 0.2) is 17.0 Å². The Morgan fingerprint density at radius 1 is 1.60 bits per heavy atom. The molecule has 5 heteroatoms. The fourth-order valence-corrected chi connectivity index (χ4v) is 4.19. The zero-order valence-electron chi connectivity index (χ0n) is 12.0. The Bertz CT molecular complexity index is 561. The number of nitrogen functional groups attached to an aromatic ring is 1. The summed E-state index contributed by atoms with van der Waals surface area (Å²) in [5.74, 6) is 1.79. The van der Waals surface area contributed by atoms with Gasteiger partial charge in [-0.05, 0) is 48.0 Å². The minimum atomic E-state index is -0.113. The molecule has 2 bridgehead atoms. The number of carbonyl (C=O) groups is 1. The third kappa shape index (κ3) is 2.14. The van der Waals surface area contributed by atoms with Crippen LogP contribution in [0.5, 0.6) is 0 Å². The second-order valence-electron chi connectivity index (χ2n) is 6.44. The van der Waals surface area contributed by atoms with Crippen LogP contribution in [-0.2, 0) is 0 Å². The Morgan fingerprint density at radius 2 is 2.40 bits per heavy atom. The lowest BCUT2D eigenvalue weighted by Gasteiger charge is -2.56. The second-order valence-corrected chi connectivity index (χ2v) is 7.07. The first-order chi connectivity index (χ1) is 9.50. The maximum absolute atomic E-state index is 11.9. The molecule has 0 unspecified atom stereocenters. The Labute approximate surface area is 123 Å². The molecule has 108 valence electrons. The molecule has 2 atom stereocenters. The molecule has 0 saturated heterocycles. The van der Waals surface area contributed by atoms with E-state index in [1.807, 2.05) is 0 Å². The lowest BCUT2D eigenvalue weighted by Crippen LogP contribution is -2.48. The number of rotatable bonds is 4. The van der Waals surface area contributed by atoms with Gasteiger partial charge >= 0.3 is 0 Å². The van der Waals surface area contributed by atoms with Crippen LogP contribution in [0, 0.1) is 17.3 Å². The summed E-state index contributed by atoms with van der Waals surface area (Å²) in [5, 5.41) is 4.64. The van der Waals surface area contributed by atoms with Crippen LogP contribution in [0.3, 0.4) is 0 Å². The maximum atomic E-state index is 11.9. The van der Waals surface area contributed by atoms with Gasteiger partial charge in [-0.25, -0.2) is 0 Å². The summed E-state index contributed by atoms with van der Waals surface area (Å²) >= 11 is 1.22. The molecule has 1 saturated carbocycles. The number of hydrogen-bond donors (Lipinski definition) is 2. The molecule has 0 radical (unpaired) electrons. The van der Waals surface area contributed by atoms with E-state index in [2.05, 4.69) is 29.6 Å². The standard InChI is InChI=1S/C15H21N3OS/c1-15(2)10-4-3-9(12(15)7-10)5-6-17-14(19)11-8-20-18-13(11)16/h3,8,10,12H,4-7H2,1-2H3,(H2,16,18)(H,17,19)/t10-,12-/m0/s1. The fraction of sp³-hybridized carbons (Fsp3) is 0.600. The third-order valence-electron chi connectivity index (χ3n) is 5.12. The summed E-state index contributed by atoms with van der Waals surface area (Å²) in [4.78, 5) is 11.9. The predicted molar refractivity (Wildman–Crippen MR) is 81.6 cm³/mol. The Balaban J connectivity index is 1.53. The Morgan fingerprint density at radius 3 is 3.00 bits per heavy atom. The number of anilines is 1. The van der Waals surface area contributed by atoms with Gasteiger partial charge in [0.2, 0.25) is 0 Å². The molecule has 3 aliphatic carbocycles. The van der Waals surface area contributed by atoms with E-state index in [1.165, 1.54) is 29.9 Å². The summed E-state index contributed by atoms with van der Waals surface area (Å²) in [5.41, 5.74) is 8.12. The van der Waals surface area contributed by atoms with Crippen LogP contribution in [0.25, 0.3) is 0 Å². The van der Waals surface area contributed by atoms with Crippen molar-refractivity contribution in [3.05, 3.63) is 22.6 Å². The molecule has 0 spiro atoms. The van der Waals surface area contributed by atoms with Gasteiger partial charge in [0.05, 0.1) is 5.56 Å². The Kier molecular flexibility index (Phi) is 3.32. The number of amides is 1. The molecular weight excluding hydrogens is 270 g/mol. The van der Waals surface area contributed by atoms with Crippen molar-refractivity contribution >= 4 is 23.3 Å². The molecular formula is C15H21N3OS. The molecule has 4 nitrogen and oxygen atoms in total. The van der Waals surface area contributed by atoms with Crippen molar-refractivity contribution < 1.29 is 4.79 Å².